The molecule has 0 atom stereocenters. The molecule has 0 fully saturated rings. The molecule has 1 heterocycles. The van der Waals surface area contributed by atoms with Crippen LogP contribution >= 0.6 is 0 Å². The van der Waals surface area contributed by atoms with Crippen LogP contribution in [0, 0.1) is 0 Å². The minimum atomic E-state index is -1.05. The van der Waals surface area contributed by atoms with Crippen molar-refractivity contribution in [3.63, 3.8) is 0 Å². The van der Waals surface area contributed by atoms with Gasteiger partial charge in [0.2, 0.25) is 6.79 Å². The van der Waals surface area contributed by atoms with E-state index >= 15 is 0 Å². The van der Waals surface area contributed by atoms with E-state index in [-0.39, 0.29) is 28.5 Å². The van der Waals surface area contributed by atoms with E-state index in [2.05, 4.69) is 347 Å². The van der Waals surface area contributed by atoms with E-state index in [0.717, 1.165) is 61.6 Å². The Morgan fingerprint density at radius 1 is 0.200 bits per heavy atom. The highest BCUT2D eigenvalue weighted by Gasteiger charge is 2.51. The largest absolute Gasteiger partial charge is 0.454 e. The smallest absolute Gasteiger partial charge is 0.231 e. The Balaban J connectivity index is 0.980. The van der Waals surface area contributed by atoms with Gasteiger partial charge in [-0.25, -0.2) is 0 Å². The van der Waals surface area contributed by atoms with Crippen LogP contribution in [0.1, 0.15) is 122 Å². The van der Waals surface area contributed by atoms with Crippen LogP contribution in [0.25, 0.3) is 122 Å². The molecule has 0 aromatic heterocycles. The Kier molecular flexibility index (Phi) is 12.3. The van der Waals surface area contributed by atoms with Gasteiger partial charge < -0.3 is 9.47 Å². The summed E-state index contributed by atoms with van der Waals surface area (Å²) >= 11 is 0. The number of rotatable bonds is 8. The summed E-state index contributed by atoms with van der Waals surface area (Å²) in [5.41, 5.74) is 40.3. The van der Waals surface area contributed by atoms with E-state index in [1.54, 1.807) is 0 Å². The first-order chi connectivity index (χ1) is 48.6. The van der Waals surface area contributed by atoms with Gasteiger partial charge >= 0.3 is 0 Å². The minimum absolute atomic E-state index is 0.137. The van der Waals surface area contributed by atoms with Gasteiger partial charge in [0, 0.05) is 21.7 Å². The molecule has 14 aromatic rings. The lowest BCUT2D eigenvalue weighted by molar-refractivity contribution is 0.174. The predicted octanol–water partition coefficient (Wildman–Crippen LogP) is 25.0. The maximum Gasteiger partial charge on any atom is 0.231 e. The molecule has 20 rings (SSSR count). The molecule has 478 valence electrons. The lowest BCUT2D eigenvalue weighted by Crippen LogP contribution is -2.29. The van der Waals surface area contributed by atoms with Crippen LogP contribution in [0.15, 0.2) is 291 Å². The molecule has 0 saturated carbocycles. The molecule has 100 heavy (non-hydrogen) atoms. The monoisotopic (exact) mass is 1280 g/mol. The van der Waals surface area contributed by atoms with Gasteiger partial charge in [-0.3, -0.25) is 0 Å². The molecule has 0 spiro atoms. The highest BCUT2D eigenvalue weighted by Crippen LogP contribution is 2.65. The fourth-order valence-corrected chi connectivity index (χ4v) is 19.7. The van der Waals surface area contributed by atoms with Crippen molar-refractivity contribution in [2.75, 3.05) is 6.79 Å². The van der Waals surface area contributed by atoms with Crippen LogP contribution in [0.3, 0.4) is 0 Å². The first kappa shape index (κ1) is 58.8. The molecule has 0 radical (unpaired) electrons. The average Bonchev–Trinajstić information content (AvgIpc) is 1.51. The lowest BCUT2D eigenvalue weighted by atomic mass is 9.65. The van der Waals surface area contributed by atoms with Gasteiger partial charge in [0.05, 0.1) is 5.41 Å². The molecule has 2 nitrogen and oxygen atoms in total. The Bertz CT molecular complexity index is 5370. The maximum atomic E-state index is 6.74. The van der Waals surface area contributed by atoms with E-state index in [4.69, 9.17) is 9.47 Å². The van der Waals surface area contributed by atoms with E-state index in [1.807, 2.05) is 0 Å². The van der Waals surface area contributed by atoms with E-state index < -0.39 is 5.41 Å². The van der Waals surface area contributed by atoms with Crippen molar-refractivity contribution in [1.29, 1.82) is 0 Å². The van der Waals surface area contributed by atoms with Crippen molar-refractivity contribution in [3.8, 4) is 134 Å². The Labute approximate surface area is 586 Å². The Hall–Kier alpha value is -11.3. The fraction of sp³-hybridized carbons (Fsp3) is 0.143. The van der Waals surface area contributed by atoms with Gasteiger partial charge in [0.25, 0.3) is 0 Å². The van der Waals surface area contributed by atoms with E-state index in [0.29, 0.717) is 0 Å². The molecule has 5 aliphatic carbocycles. The van der Waals surface area contributed by atoms with Crippen LogP contribution in [0.2, 0.25) is 0 Å². The third-order valence-electron chi connectivity index (χ3n) is 24.4. The summed E-state index contributed by atoms with van der Waals surface area (Å²) in [5, 5.41) is 0. The number of fused-ring (bicyclic) bond motifs is 16. The lowest BCUT2D eigenvalue weighted by Gasteiger charge is -2.36. The first-order valence-electron chi connectivity index (χ1n) is 35.6. The molecule has 2 heteroatoms. The predicted molar refractivity (Wildman–Crippen MR) is 413 cm³/mol. The molecule has 1 aliphatic heterocycles. The summed E-state index contributed by atoms with van der Waals surface area (Å²) in [6.07, 6.45) is 0. The zero-order chi connectivity index (χ0) is 67.3. The van der Waals surface area contributed by atoms with Crippen LogP contribution in [-0.2, 0) is 27.1 Å². The number of benzene rings is 14. The molecule has 14 aromatic carbocycles. The van der Waals surface area contributed by atoms with Gasteiger partial charge in [-0.1, -0.05) is 298 Å². The summed E-state index contributed by atoms with van der Waals surface area (Å²) < 4.78 is 13.3. The quantitative estimate of drug-likeness (QED) is 0.151. The van der Waals surface area contributed by atoms with Gasteiger partial charge in [0.15, 0.2) is 11.5 Å². The van der Waals surface area contributed by atoms with Crippen molar-refractivity contribution in [1.82, 2.24) is 0 Å². The summed E-state index contributed by atoms with van der Waals surface area (Å²) in [6.45, 7) is 19.4. The van der Waals surface area contributed by atoms with Gasteiger partial charge in [0.1, 0.15) is 0 Å². The Morgan fingerprint density at radius 2 is 0.490 bits per heavy atom. The fourth-order valence-electron chi connectivity index (χ4n) is 19.7. The molecule has 0 N–H and O–H groups in total. The number of hydrogen-bond acceptors (Lipinski definition) is 2. The summed E-state index contributed by atoms with van der Waals surface area (Å²) in [7, 11) is 0. The second kappa shape index (κ2) is 20.9. The second-order valence-electron chi connectivity index (χ2n) is 30.8. The second-order valence-corrected chi connectivity index (χ2v) is 30.8. The first-order valence-corrected chi connectivity index (χ1v) is 35.6. The Morgan fingerprint density at radius 3 is 0.880 bits per heavy atom. The third-order valence-corrected chi connectivity index (χ3v) is 24.4. The summed E-state index contributed by atoms with van der Waals surface area (Å²) in [4.78, 5) is 0. The molecule has 0 amide bonds. The van der Waals surface area contributed by atoms with Crippen molar-refractivity contribution < 1.29 is 9.47 Å². The summed E-state index contributed by atoms with van der Waals surface area (Å²) in [5.74, 6) is 1.49. The highest BCUT2D eigenvalue weighted by molar-refractivity contribution is 6.04. The standard InChI is InChI=1S/C98H74O2/c1-94(2)77-40-18-14-31-72(77)89-66(35-22-44-81(89)94)59-49-60(67-36-23-45-82-90(67)73-32-15-19-41-78(73)95(82,3)4)52-63(51-59)98(85-48-26-39-71(70-30-13-12-29-65(70)58-27-10-9-11-28-58)93(85)76-55-87-88(56-86(76)98)100-57-99-87)64-53-61(68-37-24-46-83-91(68)74-33-16-20-42-79(74)96(83,5)6)50-62(54-64)69-38-25-47-84-92(69)75-34-17-21-43-80(75)97(84,7)8/h9-56H,57H2,1-8H3. The molecule has 0 saturated heterocycles. The van der Waals surface area contributed by atoms with Gasteiger partial charge in [-0.2, -0.15) is 0 Å². The van der Waals surface area contributed by atoms with Crippen LogP contribution in [0.5, 0.6) is 11.5 Å². The average molecular weight is 1280 g/mol. The van der Waals surface area contributed by atoms with Crippen molar-refractivity contribution in [2.24, 2.45) is 0 Å². The number of hydrogen-bond donors (Lipinski definition) is 0. The highest BCUT2D eigenvalue weighted by atomic mass is 16.7. The molecular formula is C98H74O2. The molecule has 0 unspecified atom stereocenters. The van der Waals surface area contributed by atoms with E-state index in [9.17, 15) is 0 Å². The van der Waals surface area contributed by atoms with Crippen LogP contribution in [0.4, 0.5) is 0 Å². The SMILES string of the molecule is CC1(C)c2ccccc2-c2c(-c3cc(-c4cccc5c4-c4ccccc4C5(C)C)cc(C4(c5cc(-c6cccc7c6-c6ccccc6C7(C)C)cc(-c6cccc7c6-c6ccccc6C7(C)C)c5)c5cc6c(cc5-c5c(-c7ccccc7-c7ccccc7)cccc54)OCO6)c3)cccc21. The molecule has 6 aliphatic rings. The van der Waals surface area contributed by atoms with Crippen molar-refractivity contribution >= 4 is 0 Å². The zero-order valence-corrected chi connectivity index (χ0v) is 57.7. The van der Waals surface area contributed by atoms with Crippen molar-refractivity contribution in [3.05, 3.63) is 358 Å². The van der Waals surface area contributed by atoms with Gasteiger partial charge in [-0.15, -0.1) is 0 Å². The van der Waals surface area contributed by atoms with Crippen LogP contribution in [-0.4, -0.2) is 6.79 Å². The normalized spacial score (nSPS) is 15.9. The van der Waals surface area contributed by atoms with Crippen LogP contribution < -0.4 is 9.47 Å². The maximum absolute atomic E-state index is 6.74. The number of ether oxygens (including phenoxy) is 2. The third kappa shape index (κ3) is 7.91. The zero-order valence-electron chi connectivity index (χ0n) is 57.7. The van der Waals surface area contributed by atoms with Gasteiger partial charge in [-0.05, 0) is 238 Å². The van der Waals surface area contributed by atoms with E-state index in [1.165, 1.54) is 139 Å². The topological polar surface area (TPSA) is 18.5 Å². The van der Waals surface area contributed by atoms with Crippen molar-refractivity contribution in [2.45, 2.75) is 82.5 Å². The minimum Gasteiger partial charge on any atom is -0.454 e. The molecule has 0 bridgehead atoms. The summed E-state index contributed by atoms with van der Waals surface area (Å²) in [6, 6.07) is 112. The molecular weight excluding hydrogens is 1210 g/mol.